The molecule has 26 aromatic rings. The Morgan fingerprint density at radius 2 is 0.471 bits per heavy atom. The first-order valence-corrected chi connectivity index (χ1v) is 46.8. The fourth-order valence-electron chi connectivity index (χ4n) is 20.5. The Morgan fingerprint density at radius 1 is 0.152 bits per heavy atom. The molecule has 0 N–H and O–H groups in total. The quantitative estimate of drug-likeness (QED) is 0.0794. The first-order valence-electron chi connectivity index (χ1n) is 46.8. The Morgan fingerprint density at radius 3 is 0.935 bits per heavy atom. The van der Waals surface area contributed by atoms with Gasteiger partial charge < -0.3 is 32.9 Å². The van der Waals surface area contributed by atoms with Crippen LogP contribution in [0.2, 0.25) is 0 Å². The Labute approximate surface area is 797 Å². The van der Waals surface area contributed by atoms with Gasteiger partial charge in [-0.05, 0) is 252 Å². The van der Waals surface area contributed by atoms with Crippen molar-refractivity contribution in [3.05, 3.63) is 521 Å². The third-order valence-electron chi connectivity index (χ3n) is 26.9. The summed E-state index contributed by atoms with van der Waals surface area (Å²) in [4.78, 5) is 9.00. The van der Waals surface area contributed by atoms with Gasteiger partial charge in [0.25, 0.3) is 0 Å². The summed E-state index contributed by atoms with van der Waals surface area (Å²) in [6.07, 6.45) is 0. The summed E-state index contributed by atoms with van der Waals surface area (Å²) in [6, 6.07) is 180. The molecule has 0 aliphatic heterocycles. The lowest BCUT2D eigenvalue weighted by molar-refractivity contribution is 0.629. The number of anilines is 12. The topological polar surface area (TPSA) is 52.4 Å². The molecule has 7 nitrogen and oxygen atoms in total. The zero-order valence-electron chi connectivity index (χ0n) is 75.0. The average molecular weight is 1770 g/mol. The van der Waals surface area contributed by atoms with E-state index in [4.69, 9.17) is 13.3 Å². The Bertz CT molecular complexity index is 9070. The number of furan rings is 3. The molecular formula is C130H85FN4O3. The van der Waals surface area contributed by atoms with Crippen LogP contribution in [0.25, 0.3) is 176 Å². The molecule has 0 radical (unpaired) electrons. The summed E-state index contributed by atoms with van der Waals surface area (Å²) in [5, 5.41) is 15.5. The largest absolute Gasteiger partial charge is 0.456 e. The molecule has 26 rings (SSSR count). The first-order chi connectivity index (χ1) is 68.4. The van der Waals surface area contributed by atoms with Crippen LogP contribution in [0, 0.1) is 5.82 Å². The number of rotatable bonds is 18. The summed E-state index contributed by atoms with van der Waals surface area (Å²) in [5.41, 5.74) is 29.5. The van der Waals surface area contributed by atoms with Crippen molar-refractivity contribution in [2.75, 3.05) is 19.6 Å². The molecule has 0 saturated heterocycles. The zero-order valence-corrected chi connectivity index (χ0v) is 75.0. The summed E-state index contributed by atoms with van der Waals surface area (Å²) < 4.78 is 37.6. The highest BCUT2D eigenvalue weighted by Crippen LogP contribution is 2.52. The van der Waals surface area contributed by atoms with Gasteiger partial charge in [-0.3, -0.25) is 0 Å². The number of hydrogen-bond acceptors (Lipinski definition) is 7. The van der Waals surface area contributed by atoms with Crippen LogP contribution in [-0.2, 0) is 0 Å². The highest BCUT2D eigenvalue weighted by atomic mass is 19.1. The van der Waals surface area contributed by atoms with E-state index in [-0.39, 0.29) is 5.82 Å². The summed E-state index contributed by atoms with van der Waals surface area (Å²) in [7, 11) is 0. The molecule has 0 fully saturated rings. The molecule has 138 heavy (non-hydrogen) atoms. The predicted octanol–water partition coefficient (Wildman–Crippen LogP) is 37.7. The van der Waals surface area contributed by atoms with E-state index in [9.17, 15) is 0 Å². The molecule has 0 amide bonds. The maximum atomic E-state index is 17.3. The maximum absolute atomic E-state index is 17.3. The van der Waals surface area contributed by atoms with Crippen LogP contribution in [0.3, 0.4) is 0 Å². The zero-order chi connectivity index (χ0) is 91.5. The van der Waals surface area contributed by atoms with Crippen LogP contribution in [0.1, 0.15) is 0 Å². The fourth-order valence-corrected chi connectivity index (χ4v) is 20.5. The van der Waals surface area contributed by atoms with Gasteiger partial charge in [0, 0.05) is 117 Å². The monoisotopic (exact) mass is 1770 g/mol. The van der Waals surface area contributed by atoms with E-state index in [1.165, 1.54) is 27.5 Å². The minimum Gasteiger partial charge on any atom is -0.456 e. The number of halogens is 1. The van der Waals surface area contributed by atoms with Crippen molar-refractivity contribution in [2.45, 2.75) is 0 Å². The fraction of sp³-hybridized carbons (Fsp3) is 0. The van der Waals surface area contributed by atoms with Gasteiger partial charge in [0.05, 0.1) is 22.7 Å². The standard InChI is InChI=1S/C68H45FN2O.C62H40N2O2/c69-63-44-51(46-20-6-1-7-21-46)43-61(49-24-10-3-11-25-49)67(63)71(53-28-14-5-15-29-53)55-39-41-60-65(45-55)72-68-59-40-36-50(42-62(59)57-31-16-17-32-58(57)66(60)68)47-34-37-54(38-35-47)70(52-26-12-4-13-27-52)64-33-19-18-30-56(64)48-22-8-2-9-23-48;1-4-16-42(17-5-1)49-22-12-14-26-57(49)64(45-20-8-3-9-21-45)46-31-28-41(29-32-46)43-30-35-53-55(38-43)50-23-10-11-25-52(50)61-54-36-33-48(40-60(54)66-62(53)61)63(44-18-6-2-7-19-44)47-34-37-59-56(39-47)51-24-13-15-27-58(51)65-59/h1-45H;1-40H. The van der Waals surface area contributed by atoms with E-state index < -0.39 is 0 Å². The number of para-hydroxylation sites is 7. The summed E-state index contributed by atoms with van der Waals surface area (Å²) in [5.74, 6) is -0.326. The lowest BCUT2D eigenvalue weighted by Crippen LogP contribution is -2.13. The van der Waals surface area contributed by atoms with Gasteiger partial charge in [0.15, 0.2) is 0 Å². The molecule has 23 aromatic carbocycles. The molecule has 0 atom stereocenters. The maximum Gasteiger partial charge on any atom is 0.148 e. The van der Waals surface area contributed by atoms with Crippen LogP contribution in [0.5, 0.6) is 0 Å². The Kier molecular flexibility index (Phi) is 20.7. The third kappa shape index (κ3) is 14.7. The molecule has 650 valence electrons. The molecule has 8 heteroatoms. The van der Waals surface area contributed by atoms with Gasteiger partial charge in [-0.1, -0.05) is 334 Å². The van der Waals surface area contributed by atoms with Crippen LogP contribution < -0.4 is 19.6 Å². The Hall–Kier alpha value is -18.4. The van der Waals surface area contributed by atoms with Crippen molar-refractivity contribution in [3.8, 4) is 66.8 Å². The van der Waals surface area contributed by atoms with Crippen LogP contribution in [-0.4, -0.2) is 0 Å². The van der Waals surface area contributed by atoms with Crippen molar-refractivity contribution >= 4 is 177 Å². The minimum absolute atomic E-state index is 0.326. The number of benzene rings is 23. The van der Waals surface area contributed by atoms with E-state index in [2.05, 4.69) is 421 Å². The van der Waals surface area contributed by atoms with E-state index in [1.807, 2.05) is 108 Å². The molecule has 0 unspecified atom stereocenters. The number of hydrogen-bond donors (Lipinski definition) is 0. The average Bonchev–Trinajstić information content (AvgIpc) is 1.55. The van der Waals surface area contributed by atoms with Crippen molar-refractivity contribution < 1.29 is 17.6 Å². The normalized spacial score (nSPS) is 11.5. The van der Waals surface area contributed by atoms with Gasteiger partial charge in [-0.25, -0.2) is 4.39 Å². The second kappa shape index (κ2) is 35.0. The van der Waals surface area contributed by atoms with Gasteiger partial charge in [-0.2, -0.15) is 0 Å². The molecule has 0 aliphatic carbocycles. The predicted molar refractivity (Wildman–Crippen MR) is 576 cm³/mol. The number of nitrogens with zero attached hydrogens (tertiary/aromatic N) is 4. The van der Waals surface area contributed by atoms with Gasteiger partial charge in [0.1, 0.15) is 39.3 Å². The van der Waals surface area contributed by atoms with Gasteiger partial charge in [-0.15, -0.1) is 0 Å². The van der Waals surface area contributed by atoms with Crippen LogP contribution in [0.4, 0.5) is 72.6 Å². The second-order valence-electron chi connectivity index (χ2n) is 35.0. The van der Waals surface area contributed by atoms with Crippen LogP contribution in [0.15, 0.2) is 529 Å². The molecule has 0 saturated carbocycles. The van der Waals surface area contributed by atoms with Crippen molar-refractivity contribution in [3.63, 3.8) is 0 Å². The van der Waals surface area contributed by atoms with Crippen LogP contribution >= 0.6 is 0 Å². The second-order valence-corrected chi connectivity index (χ2v) is 35.0. The van der Waals surface area contributed by atoms with Crippen molar-refractivity contribution in [1.82, 2.24) is 0 Å². The van der Waals surface area contributed by atoms with Crippen molar-refractivity contribution in [1.29, 1.82) is 0 Å². The smallest absolute Gasteiger partial charge is 0.148 e. The highest BCUT2D eigenvalue weighted by Gasteiger charge is 2.29. The third-order valence-corrected chi connectivity index (χ3v) is 26.9. The molecular weight excluding hydrogens is 1680 g/mol. The lowest BCUT2D eigenvalue weighted by atomic mass is 9.94. The van der Waals surface area contributed by atoms with E-state index >= 15 is 4.39 Å². The Balaban J connectivity index is 0.000000147. The minimum atomic E-state index is -0.326. The van der Waals surface area contributed by atoms with Gasteiger partial charge >= 0.3 is 0 Å². The summed E-state index contributed by atoms with van der Waals surface area (Å²) in [6.45, 7) is 0. The molecule has 0 bridgehead atoms. The van der Waals surface area contributed by atoms with Crippen molar-refractivity contribution in [2.24, 2.45) is 0 Å². The number of fused-ring (bicyclic) bond motifs is 19. The first kappa shape index (κ1) is 81.6. The molecule has 3 heterocycles. The molecule has 0 spiro atoms. The van der Waals surface area contributed by atoms with Gasteiger partial charge in [0.2, 0.25) is 0 Å². The lowest BCUT2D eigenvalue weighted by Gasteiger charge is -2.28. The summed E-state index contributed by atoms with van der Waals surface area (Å²) >= 11 is 0. The van der Waals surface area contributed by atoms with E-state index in [0.717, 1.165) is 211 Å². The molecule has 0 aliphatic rings. The van der Waals surface area contributed by atoms with E-state index in [0.29, 0.717) is 5.69 Å². The van der Waals surface area contributed by atoms with E-state index in [1.54, 1.807) is 6.07 Å². The SMILES string of the molecule is Fc1cc(-c2ccccc2)cc(-c2ccccc2)c1N(c1ccccc1)c1ccc2c(c1)oc1c3ccc(-c4ccc(N(c5ccccc5)c5ccccc5-c5ccccc5)cc4)cc3c3ccccc3c21.c1ccc(-c2ccccc2N(c2ccccc2)c2ccc(-c3ccc4c(c3)c3ccccc3c3c5ccc(N(c6ccccc6)c6ccc7oc8ccccc8c7c6)cc5oc43)cc2)cc1. The highest BCUT2D eigenvalue weighted by molar-refractivity contribution is 6.32. The molecule has 3 aromatic heterocycles.